The van der Waals surface area contributed by atoms with Crippen LogP contribution in [0.4, 0.5) is 4.39 Å². The van der Waals surface area contributed by atoms with Gasteiger partial charge in [0.2, 0.25) is 0 Å². The first-order valence-electron chi connectivity index (χ1n) is 8.59. The average molecular weight is 307 g/mol. The van der Waals surface area contributed by atoms with Crippen molar-refractivity contribution in [3.05, 3.63) is 30.1 Å². The van der Waals surface area contributed by atoms with E-state index in [2.05, 4.69) is 5.32 Å². The minimum Gasteiger partial charge on any atom is -0.488 e. The molecule has 3 atom stereocenters. The predicted molar refractivity (Wildman–Crippen MR) is 84.5 cm³/mol. The van der Waals surface area contributed by atoms with E-state index in [1.54, 1.807) is 12.1 Å². The molecule has 0 heterocycles. The Morgan fingerprint density at radius 1 is 1.05 bits per heavy atom. The van der Waals surface area contributed by atoms with Crippen molar-refractivity contribution >= 4 is 0 Å². The van der Waals surface area contributed by atoms with Crippen LogP contribution < -0.4 is 10.1 Å². The first-order valence-corrected chi connectivity index (χ1v) is 8.59. The lowest BCUT2D eigenvalue weighted by molar-refractivity contribution is -0.0192. The summed E-state index contributed by atoms with van der Waals surface area (Å²) in [5.74, 6) is 0.196. The Bertz CT molecular complexity index is 476. The molecule has 122 valence electrons. The summed E-state index contributed by atoms with van der Waals surface area (Å²) in [7, 11) is 0. The number of benzene rings is 1. The molecule has 2 aliphatic carbocycles. The Hall–Kier alpha value is -1.13. The van der Waals surface area contributed by atoms with E-state index < -0.39 is 6.10 Å². The number of aliphatic hydroxyl groups is 1. The van der Waals surface area contributed by atoms with Gasteiger partial charge in [-0.3, -0.25) is 0 Å². The van der Waals surface area contributed by atoms with Crippen molar-refractivity contribution in [2.45, 2.75) is 75.7 Å². The van der Waals surface area contributed by atoms with Gasteiger partial charge in [-0.2, -0.15) is 0 Å². The van der Waals surface area contributed by atoms with Gasteiger partial charge >= 0.3 is 0 Å². The van der Waals surface area contributed by atoms with Crippen LogP contribution in [0.15, 0.2) is 24.3 Å². The molecule has 0 unspecified atom stereocenters. The number of hydrogen-bond donors (Lipinski definition) is 2. The van der Waals surface area contributed by atoms with Crippen molar-refractivity contribution in [2.24, 2.45) is 0 Å². The molecule has 0 spiro atoms. The monoisotopic (exact) mass is 307 g/mol. The van der Waals surface area contributed by atoms with Crippen LogP contribution in [-0.2, 0) is 0 Å². The minimum atomic E-state index is -0.529. The maximum Gasteiger partial charge on any atom is 0.126 e. The van der Waals surface area contributed by atoms with Crippen LogP contribution in [0.25, 0.3) is 0 Å². The van der Waals surface area contributed by atoms with Crippen LogP contribution in [0.1, 0.15) is 51.4 Å². The molecule has 4 heteroatoms. The van der Waals surface area contributed by atoms with Crippen LogP contribution in [0.3, 0.4) is 0 Å². The van der Waals surface area contributed by atoms with Gasteiger partial charge in [0.1, 0.15) is 23.8 Å². The smallest absolute Gasteiger partial charge is 0.126 e. The average Bonchev–Trinajstić information content (AvgIpc) is 2.52. The van der Waals surface area contributed by atoms with Gasteiger partial charge in [-0.25, -0.2) is 4.39 Å². The van der Waals surface area contributed by atoms with Gasteiger partial charge in [-0.15, -0.1) is 0 Å². The topological polar surface area (TPSA) is 41.5 Å². The van der Waals surface area contributed by atoms with Crippen molar-refractivity contribution in [2.75, 3.05) is 0 Å². The summed E-state index contributed by atoms with van der Waals surface area (Å²) in [6.07, 6.45) is 8.36. The summed E-state index contributed by atoms with van der Waals surface area (Å²) < 4.78 is 19.1. The highest BCUT2D eigenvalue weighted by molar-refractivity contribution is 5.23. The van der Waals surface area contributed by atoms with Gasteiger partial charge in [0, 0.05) is 18.2 Å². The van der Waals surface area contributed by atoms with E-state index in [0.29, 0.717) is 11.8 Å². The molecule has 2 aliphatic rings. The van der Waals surface area contributed by atoms with Crippen LogP contribution >= 0.6 is 0 Å². The van der Waals surface area contributed by atoms with Gasteiger partial charge < -0.3 is 15.2 Å². The second kappa shape index (κ2) is 7.42. The lowest BCUT2D eigenvalue weighted by Crippen LogP contribution is -2.54. The predicted octanol–water partition coefficient (Wildman–Crippen LogP) is 3.41. The van der Waals surface area contributed by atoms with Gasteiger partial charge in [0.25, 0.3) is 0 Å². The second-order valence-corrected chi connectivity index (χ2v) is 6.64. The molecule has 2 saturated carbocycles. The van der Waals surface area contributed by atoms with Gasteiger partial charge in [-0.05, 0) is 44.2 Å². The fraction of sp³-hybridized carbons (Fsp3) is 0.667. The maximum absolute atomic E-state index is 13.2. The number of aliphatic hydroxyl groups excluding tert-OH is 1. The van der Waals surface area contributed by atoms with Crippen LogP contribution in [-0.4, -0.2) is 29.4 Å². The number of hydrogen-bond acceptors (Lipinski definition) is 3. The van der Waals surface area contributed by atoms with Crippen molar-refractivity contribution in [3.8, 4) is 5.75 Å². The molecule has 3 rings (SSSR count). The Kier molecular flexibility index (Phi) is 5.32. The summed E-state index contributed by atoms with van der Waals surface area (Å²) in [4.78, 5) is 0. The quantitative estimate of drug-likeness (QED) is 0.895. The van der Waals surface area contributed by atoms with Crippen molar-refractivity contribution in [1.82, 2.24) is 5.32 Å². The third kappa shape index (κ3) is 3.99. The van der Waals surface area contributed by atoms with Crippen molar-refractivity contribution in [3.63, 3.8) is 0 Å². The number of nitrogens with one attached hydrogen (secondary N) is 1. The molecule has 1 aromatic carbocycles. The van der Waals surface area contributed by atoms with Crippen molar-refractivity contribution < 1.29 is 14.2 Å². The molecular weight excluding hydrogens is 281 g/mol. The standard InChI is InChI=1S/C18H26FNO2/c19-13-6-4-9-15(12-13)22-17-11-5-10-16(18(17)21)20-14-7-2-1-3-8-14/h4,6,9,12,14,16-18,20-21H,1-3,5,7-8,10-11H2/t16-,17+,18+/m0/s1. The van der Waals surface area contributed by atoms with Crippen LogP contribution in [0, 0.1) is 5.82 Å². The zero-order valence-electron chi connectivity index (χ0n) is 13.0. The zero-order valence-corrected chi connectivity index (χ0v) is 13.0. The van der Waals surface area contributed by atoms with E-state index in [9.17, 15) is 9.50 Å². The molecule has 0 bridgehead atoms. The molecule has 0 radical (unpaired) electrons. The first-order chi connectivity index (χ1) is 10.7. The van der Waals surface area contributed by atoms with Gasteiger partial charge in [-0.1, -0.05) is 25.3 Å². The van der Waals surface area contributed by atoms with E-state index in [1.807, 2.05) is 0 Å². The molecule has 0 amide bonds. The minimum absolute atomic E-state index is 0.0930. The first kappa shape index (κ1) is 15.8. The normalized spacial score (nSPS) is 30.2. The molecule has 0 saturated heterocycles. The highest BCUT2D eigenvalue weighted by Crippen LogP contribution is 2.27. The van der Waals surface area contributed by atoms with E-state index in [-0.39, 0.29) is 18.0 Å². The van der Waals surface area contributed by atoms with E-state index >= 15 is 0 Å². The molecule has 22 heavy (non-hydrogen) atoms. The van der Waals surface area contributed by atoms with Gasteiger partial charge in [0.15, 0.2) is 0 Å². The molecule has 3 nitrogen and oxygen atoms in total. The Morgan fingerprint density at radius 3 is 2.64 bits per heavy atom. The lowest BCUT2D eigenvalue weighted by Gasteiger charge is -2.38. The zero-order chi connectivity index (χ0) is 15.4. The summed E-state index contributed by atoms with van der Waals surface area (Å²) in [5, 5.41) is 14.2. The summed E-state index contributed by atoms with van der Waals surface area (Å²) in [6, 6.07) is 6.78. The Morgan fingerprint density at radius 2 is 1.86 bits per heavy atom. The van der Waals surface area contributed by atoms with E-state index in [0.717, 1.165) is 19.3 Å². The fourth-order valence-corrected chi connectivity index (χ4v) is 3.74. The molecular formula is C18H26FNO2. The highest BCUT2D eigenvalue weighted by atomic mass is 19.1. The molecule has 2 fully saturated rings. The molecule has 1 aromatic rings. The van der Waals surface area contributed by atoms with E-state index in [4.69, 9.17) is 4.74 Å². The second-order valence-electron chi connectivity index (χ2n) is 6.64. The van der Waals surface area contributed by atoms with Crippen LogP contribution in [0.2, 0.25) is 0 Å². The van der Waals surface area contributed by atoms with Crippen LogP contribution in [0.5, 0.6) is 5.75 Å². The SMILES string of the molecule is O[C@@H]1[C@@H](NC2CCCCC2)CCC[C@H]1Oc1cccc(F)c1. The highest BCUT2D eigenvalue weighted by Gasteiger charge is 2.34. The Balaban J connectivity index is 1.58. The molecule has 0 aliphatic heterocycles. The van der Waals surface area contributed by atoms with E-state index in [1.165, 1.54) is 44.2 Å². The lowest BCUT2D eigenvalue weighted by atomic mass is 9.87. The van der Waals surface area contributed by atoms with Crippen molar-refractivity contribution in [1.29, 1.82) is 0 Å². The molecule has 2 N–H and O–H groups in total. The fourth-order valence-electron chi connectivity index (χ4n) is 3.74. The summed E-state index contributed by atoms with van der Waals surface area (Å²) in [6.45, 7) is 0. The third-order valence-corrected chi connectivity index (χ3v) is 4.94. The summed E-state index contributed by atoms with van der Waals surface area (Å²) in [5.41, 5.74) is 0. The molecule has 0 aromatic heterocycles. The number of halogens is 1. The number of ether oxygens (including phenoxy) is 1. The van der Waals surface area contributed by atoms with Gasteiger partial charge in [0.05, 0.1) is 0 Å². The summed E-state index contributed by atoms with van der Waals surface area (Å²) >= 11 is 0. The number of rotatable bonds is 4. The largest absolute Gasteiger partial charge is 0.488 e. The third-order valence-electron chi connectivity index (χ3n) is 4.94. The Labute approximate surface area is 131 Å². The maximum atomic E-state index is 13.2.